The van der Waals surface area contributed by atoms with E-state index in [4.69, 9.17) is 9.47 Å². The molecule has 0 radical (unpaired) electrons. The lowest BCUT2D eigenvalue weighted by Crippen LogP contribution is -2.59. The summed E-state index contributed by atoms with van der Waals surface area (Å²) in [4.78, 5) is 2.65. The first-order valence-corrected chi connectivity index (χ1v) is 8.82. The van der Waals surface area contributed by atoms with E-state index in [0.717, 1.165) is 44.4 Å². The molecule has 0 aromatic heterocycles. The summed E-state index contributed by atoms with van der Waals surface area (Å²) in [6.45, 7) is 3.96. The highest BCUT2D eigenvalue weighted by atomic mass is 16.7. The van der Waals surface area contributed by atoms with Gasteiger partial charge in [-0.05, 0) is 39.3 Å². The van der Waals surface area contributed by atoms with Crippen molar-refractivity contribution in [3.8, 4) is 0 Å². The predicted octanol–water partition coefficient (Wildman–Crippen LogP) is 2.38. The topological polar surface area (TPSA) is 33.7 Å². The second-order valence-electron chi connectivity index (χ2n) is 7.31. The van der Waals surface area contributed by atoms with Crippen molar-refractivity contribution >= 4 is 0 Å². The zero-order valence-corrected chi connectivity index (χ0v) is 13.9. The van der Waals surface area contributed by atoms with E-state index in [1.165, 1.54) is 25.7 Å². The summed E-state index contributed by atoms with van der Waals surface area (Å²) >= 11 is 0. The second-order valence-corrected chi connectivity index (χ2v) is 7.31. The minimum Gasteiger partial charge on any atom is -0.347 e. The van der Waals surface area contributed by atoms with E-state index in [-0.39, 0.29) is 5.79 Å². The fourth-order valence-corrected chi connectivity index (χ4v) is 4.80. The van der Waals surface area contributed by atoms with Crippen molar-refractivity contribution < 1.29 is 9.47 Å². The van der Waals surface area contributed by atoms with Gasteiger partial charge in [-0.1, -0.05) is 19.8 Å². The van der Waals surface area contributed by atoms with Crippen molar-refractivity contribution in [3.63, 3.8) is 0 Å². The molecule has 21 heavy (non-hydrogen) atoms. The summed E-state index contributed by atoms with van der Waals surface area (Å²) < 4.78 is 12.0. The SMILES string of the molecule is CNC1CCC2(CC1N(C)C1CCCCC1C)OCCO2. The van der Waals surface area contributed by atoms with Crippen LogP contribution in [0, 0.1) is 5.92 Å². The molecule has 0 aromatic carbocycles. The molecule has 1 saturated heterocycles. The normalized spacial score (nSPS) is 40.0. The number of likely N-dealkylation sites (N-methyl/N-ethyl adjacent to an activating group) is 2. The molecular weight excluding hydrogens is 264 g/mol. The molecule has 1 spiro atoms. The van der Waals surface area contributed by atoms with E-state index in [0.29, 0.717) is 12.1 Å². The summed E-state index contributed by atoms with van der Waals surface area (Å²) in [6.07, 6.45) is 8.70. The van der Waals surface area contributed by atoms with Crippen LogP contribution in [-0.4, -0.2) is 56.1 Å². The Kier molecular flexibility index (Phi) is 4.89. The Morgan fingerprint density at radius 3 is 2.43 bits per heavy atom. The number of nitrogens with zero attached hydrogens (tertiary/aromatic N) is 1. The van der Waals surface area contributed by atoms with E-state index in [9.17, 15) is 0 Å². The van der Waals surface area contributed by atoms with Gasteiger partial charge in [0.05, 0.1) is 13.2 Å². The molecule has 3 rings (SSSR count). The maximum atomic E-state index is 5.99. The van der Waals surface area contributed by atoms with Gasteiger partial charge in [-0.3, -0.25) is 4.90 Å². The van der Waals surface area contributed by atoms with Crippen LogP contribution in [0.3, 0.4) is 0 Å². The summed E-state index contributed by atoms with van der Waals surface area (Å²) in [5.41, 5.74) is 0. The molecule has 2 aliphatic carbocycles. The Labute approximate surface area is 129 Å². The molecule has 3 fully saturated rings. The lowest BCUT2D eigenvalue weighted by molar-refractivity contribution is -0.195. The smallest absolute Gasteiger partial charge is 0.170 e. The Hall–Kier alpha value is -0.160. The molecular formula is C17H32N2O2. The van der Waals surface area contributed by atoms with Crippen LogP contribution in [0.25, 0.3) is 0 Å². The lowest BCUT2D eigenvalue weighted by Gasteiger charge is -2.49. The van der Waals surface area contributed by atoms with Crippen molar-refractivity contribution in [2.45, 2.75) is 75.8 Å². The molecule has 0 amide bonds. The molecule has 2 saturated carbocycles. The van der Waals surface area contributed by atoms with Crippen LogP contribution < -0.4 is 5.32 Å². The molecule has 4 unspecified atom stereocenters. The highest BCUT2D eigenvalue weighted by molar-refractivity contribution is 4.97. The minimum atomic E-state index is -0.288. The van der Waals surface area contributed by atoms with Gasteiger partial charge in [0, 0.05) is 31.0 Å². The van der Waals surface area contributed by atoms with E-state index in [2.05, 4.69) is 31.2 Å². The standard InChI is InChI=1S/C17H32N2O2/c1-13-6-4-5-7-15(13)19(3)16-12-17(20-10-11-21-17)9-8-14(16)18-2/h13-16,18H,4-12H2,1-3H3. The average Bonchev–Trinajstić information content (AvgIpc) is 2.95. The largest absolute Gasteiger partial charge is 0.347 e. The first-order chi connectivity index (χ1) is 10.2. The quantitative estimate of drug-likeness (QED) is 0.867. The summed E-state index contributed by atoms with van der Waals surface area (Å²) in [7, 11) is 4.43. The van der Waals surface area contributed by atoms with E-state index < -0.39 is 0 Å². The van der Waals surface area contributed by atoms with Gasteiger partial charge in [0.15, 0.2) is 5.79 Å². The summed E-state index contributed by atoms with van der Waals surface area (Å²) in [5.74, 6) is 0.522. The van der Waals surface area contributed by atoms with Crippen LogP contribution in [-0.2, 0) is 9.47 Å². The Morgan fingerprint density at radius 2 is 1.76 bits per heavy atom. The van der Waals surface area contributed by atoms with Crippen molar-refractivity contribution in [1.82, 2.24) is 10.2 Å². The monoisotopic (exact) mass is 296 g/mol. The molecule has 0 aromatic rings. The number of rotatable bonds is 3. The maximum Gasteiger partial charge on any atom is 0.170 e. The summed E-state index contributed by atoms with van der Waals surface area (Å²) in [6, 6.07) is 1.80. The van der Waals surface area contributed by atoms with Gasteiger partial charge in [0.25, 0.3) is 0 Å². The van der Waals surface area contributed by atoms with Crippen molar-refractivity contribution in [2.75, 3.05) is 27.3 Å². The number of nitrogens with one attached hydrogen (secondary N) is 1. The molecule has 1 heterocycles. The third-order valence-electron chi connectivity index (χ3n) is 6.12. The van der Waals surface area contributed by atoms with Crippen LogP contribution in [0.1, 0.15) is 51.9 Å². The lowest BCUT2D eigenvalue weighted by atomic mass is 9.80. The van der Waals surface area contributed by atoms with Gasteiger partial charge in [0.2, 0.25) is 0 Å². The fourth-order valence-electron chi connectivity index (χ4n) is 4.80. The molecule has 0 bridgehead atoms. The van der Waals surface area contributed by atoms with E-state index in [1.807, 2.05) is 0 Å². The van der Waals surface area contributed by atoms with Crippen molar-refractivity contribution in [1.29, 1.82) is 0 Å². The van der Waals surface area contributed by atoms with Crippen molar-refractivity contribution in [3.05, 3.63) is 0 Å². The number of hydrogen-bond acceptors (Lipinski definition) is 4. The molecule has 3 aliphatic rings. The van der Waals surface area contributed by atoms with Crippen LogP contribution in [0.2, 0.25) is 0 Å². The molecule has 4 heteroatoms. The predicted molar refractivity (Wildman–Crippen MR) is 84.3 cm³/mol. The van der Waals surface area contributed by atoms with E-state index >= 15 is 0 Å². The Morgan fingerprint density at radius 1 is 1.05 bits per heavy atom. The number of hydrogen-bond donors (Lipinski definition) is 1. The first kappa shape index (κ1) is 15.7. The second kappa shape index (κ2) is 6.53. The fraction of sp³-hybridized carbons (Fsp3) is 1.00. The van der Waals surface area contributed by atoms with E-state index in [1.54, 1.807) is 0 Å². The molecule has 4 atom stereocenters. The van der Waals surface area contributed by atoms with Gasteiger partial charge in [0.1, 0.15) is 0 Å². The Balaban J connectivity index is 1.72. The van der Waals surface area contributed by atoms with Gasteiger partial charge in [-0.25, -0.2) is 0 Å². The maximum absolute atomic E-state index is 5.99. The van der Waals surface area contributed by atoms with Crippen LogP contribution >= 0.6 is 0 Å². The van der Waals surface area contributed by atoms with Gasteiger partial charge < -0.3 is 14.8 Å². The highest BCUT2D eigenvalue weighted by Gasteiger charge is 2.47. The first-order valence-electron chi connectivity index (χ1n) is 8.82. The zero-order valence-electron chi connectivity index (χ0n) is 13.9. The molecule has 1 N–H and O–H groups in total. The molecule has 122 valence electrons. The molecule has 1 aliphatic heterocycles. The Bertz CT molecular complexity index is 344. The summed E-state index contributed by atoms with van der Waals surface area (Å²) in [5, 5.41) is 3.54. The average molecular weight is 296 g/mol. The third kappa shape index (κ3) is 3.14. The van der Waals surface area contributed by atoms with Crippen LogP contribution in [0.4, 0.5) is 0 Å². The van der Waals surface area contributed by atoms with Gasteiger partial charge >= 0.3 is 0 Å². The van der Waals surface area contributed by atoms with Crippen LogP contribution in [0.5, 0.6) is 0 Å². The van der Waals surface area contributed by atoms with Gasteiger partial charge in [-0.2, -0.15) is 0 Å². The molecule has 4 nitrogen and oxygen atoms in total. The highest BCUT2D eigenvalue weighted by Crippen LogP contribution is 2.39. The van der Waals surface area contributed by atoms with Crippen molar-refractivity contribution in [2.24, 2.45) is 5.92 Å². The van der Waals surface area contributed by atoms with Crippen LogP contribution in [0.15, 0.2) is 0 Å². The van der Waals surface area contributed by atoms with Gasteiger partial charge in [-0.15, -0.1) is 0 Å². The zero-order chi connectivity index (χ0) is 14.9. The number of ether oxygens (including phenoxy) is 2. The third-order valence-corrected chi connectivity index (χ3v) is 6.12. The minimum absolute atomic E-state index is 0.288.